The largest absolute Gasteiger partial charge is 0.506 e. The van der Waals surface area contributed by atoms with Gasteiger partial charge < -0.3 is 25.6 Å². The standard InChI is InChI=1S/C25H23F3N4O5/c1-14(33)15-2-5-21(20(9-15)25(26,27)28)37-19-4-3-17(30-13-19)11-31-23(36)24(6-7-24)32-22(35)16-8-18(34)12-29-10-16/h2-5,8-10,12-14,33-34H,6-7,11H2,1H3,(H,31,36)(H,32,35). The van der Waals surface area contributed by atoms with Gasteiger partial charge in [-0.2, -0.15) is 13.2 Å². The van der Waals surface area contributed by atoms with Crippen molar-refractivity contribution in [1.82, 2.24) is 20.6 Å². The molecule has 1 aliphatic rings. The van der Waals surface area contributed by atoms with Gasteiger partial charge in [0.25, 0.3) is 5.91 Å². The maximum absolute atomic E-state index is 13.5. The number of aliphatic hydroxyl groups is 1. The Hall–Kier alpha value is -4.19. The van der Waals surface area contributed by atoms with Crippen LogP contribution < -0.4 is 15.4 Å². The lowest BCUT2D eigenvalue weighted by atomic mass is 10.1. The lowest BCUT2D eigenvalue weighted by Crippen LogP contribution is -2.48. The molecule has 2 heterocycles. The zero-order valence-corrected chi connectivity index (χ0v) is 19.5. The predicted octanol–water partition coefficient (Wildman–Crippen LogP) is 3.63. The maximum Gasteiger partial charge on any atom is 0.419 e. The topological polar surface area (TPSA) is 134 Å². The second-order valence-corrected chi connectivity index (χ2v) is 8.67. The number of aliphatic hydroxyl groups excluding tert-OH is 1. The molecule has 1 aliphatic carbocycles. The van der Waals surface area contributed by atoms with E-state index in [1.54, 1.807) is 0 Å². The van der Waals surface area contributed by atoms with Crippen LogP contribution in [0, 0.1) is 0 Å². The molecule has 0 spiro atoms. The number of alkyl halides is 3. The molecule has 0 radical (unpaired) electrons. The molecule has 3 aromatic rings. The number of aromatic hydroxyl groups is 1. The van der Waals surface area contributed by atoms with Crippen molar-refractivity contribution < 1.29 is 37.7 Å². The summed E-state index contributed by atoms with van der Waals surface area (Å²) in [7, 11) is 0. The van der Waals surface area contributed by atoms with E-state index in [0.717, 1.165) is 12.1 Å². The first kappa shape index (κ1) is 25.9. The van der Waals surface area contributed by atoms with Gasteiger partial charge in [0.1, 0.15) is 22.8 Å². The van der Waals surface area contributed by atoms with Crippen LogP contribution in [0.3, 0.4) is 0 Å². The number of ether oxygens (including phenoxy) is 1. The third-order valence-corrected chi connectivity index (χ3v) is 5.77. The van der Waals surface area contributed by atoms with Crippen molar-refractivity contribution in [1.29, 1.82) is 0 Å². The summed E-state index contributed by atoms with van der Waals surface area (Å²) in [4.78, 5) is 32.9. The Kier molecular flexibility index (Phi) is 7.03. The highest BCUT2D eigenvalue weighted by atomic mass is 19.4. The van der Waals surface area contributed by atoms with Crippen molar-refractivity contribution in [3.05, 3.63) is 77.4 Å². The number of nitrogens with one attached hydrogen (secondary N) is 2. The van der Waals surface area contributed by atoms with Crippen LogP contribution in [0.25, 0.3) is 0 Å². The summed E-state index contributed by atoms with van der Waals surface area (Å²) in [5.74, 6) is -1.52. The third kappa shape index (κ3) is 6.15. The fourth-order valence-corrected chi connectivity index (χ4v) is 3.54. The first-order valence-electron chi connectivity index (χ1n) is 11.2. The van der Waals surface area contributed by atoms with Gasteiger partial charge in [0, 0.05) is 6.20 Å². The molecule has 1 unspecified atom stereocenters. The number of halogens is 3. The number of aromatic nitrogens is 2. The van der Waals surface area contributed by atoms with Gasteiger partial charge in [0.05, 0.1) is 41.9 Å². The second-order valence-electron chi connectivity index (χ2n) is 8.67. The number of carbonyl (C=O) groups is 2. The molecule has 12 heteroatoms. The highest BCUT2D eigenvalue weighted by Crippen LogP contribution is 2.39. The molecule has 9 nitrogen and oxygen atoms in total. The zero-order chi connectivity index (χ0) is 26.8. The minimum Gasteiger partial charge on any atom is -0.506 e. The van der Waals surface area contributed by atoms with E-state index in [4.69, 9.17) is 4.74 Å². The molecule has 1 saturated carbocycles. The summed E-state index contributed by atoms with van der Waals surface area (Å²) >= 11 is 0. The summed E-state index contributed by atoms with van der Waals surface area (Å²) in [6, 6.07) is 7.46. The van der Waals surface area contributed by atoms with Crippen LogP contribution in [0.1, 0.15) is 53.0 Å². The average Bonchev–Trinajstić information content (AvgIpc) is 3.63. The summed E-state index contributed by atoms with van der Waals surface area (Å²) < 4.78 is 45.8. The first-order chi connectivity index (χ1) is 17.5. The molecule has 2 amide bonds. The van der Waals surface area contributed by atoms with Crippen LogP contribution in [-0.2, 0) is 17.5 Å². The number of hydrogen-bond acceptors (Lipinski definition) is 7. The molecular weight excluding hydrogens is 493 g/mol. The number of rotatable bonds is 8. The molecule has 37 heavy (non-hydrogen) atoms. The number of hydrogen-bond donors (Lipinski definition) is 4. The van der Waals surface area contributed by atoms with Crippen LogP contribution in [0.5, 0.6) is 17.2 Å². The summed E-state index contributed by atoms with van der Waals surface area (Å²) in [6.07, 6.45) is -1.20. The van der Waals surface area contributed by atoms with Gasteiger partial charge in [-0.25, -0.2) is 0 Å². The third-order valence-electron chi connectivity index (χ3n) is 5.77. The fourth-order valence-electron chi connectivity index (χ4n) is 3.54. The summed E-state index contributed by atoms with van der Waals surface area (Å²) in [6.45, 7) is 1.38. The number of pyridine rings is 2. The monoisotopic (exact) mass is 516 g/mol. The normalized spacial score (nSPS) is 14.9. The molecule has 194 valence electrons. The average molecular weight is 516 g/mol. The van der Waals surface area contributed by atoms with Gasteiger partial charge in [-0.15, -0.1) is 0 Å². The smallest absolute Gasteiger partial charge is 0.419 e. The fraction of sp³-hybridized carbons (Fsp3) is 0.280. The maximum atomic E-state index is 13.5. The van der Waals surface area contributed by atoms with Gasteiger partial charge in [-0.1, -0.05) is 6.07 Å². The van der Waals surface area contributed by atoms with E-state index in [9.17, 15) is 33.0 Å². The van der Waals surface area contributed by atoms with E-state index < -0.39 is 40.9 Å². The van der Waals surface area contributed by atoms with Gasteiger partial charge in [0.2, 0.25) is 5.91 Å². The Bertz CT molecular complexity index is 1310. The van der Waals surface area contributed by atoms with E-state index >= 15 is 0 Å². The van der Waals surface area contributed by atoms with E-state index in [0.29, 0.717) is 18.5 Å². The van der Waals surface area contributed by atoms with E-state index in [1.165, 1.54) is 49.8 Å². The van der Waals surface area contributed by atoms with Crippen molar-refractivity contribution in [2.24, 2.45) is 0 Å². The van der Waals surface area contributed by atoms with Crippen molar-refractivity contribution in [2.75, 3.05) is 0 Å². The summed E-state index contributed by atoms with van der Waals surface area (Å²) in [5, 5.41) is 24.4. The van der Waals surface area contributed by atoms with Crippen molar-refractivity contribution in [3.8, 4) is 17.2 Å². The highest BCUT2D eigenvalue weighted by molar-refractivity contribution is 6.00. The molecule has 4 rings (SSSR count). The van der Waals surface area contributed by atoms with E-state index in [2.05, 4.69) is 20.6 Å². The van der Waals surface area contributed by atoms with Crippen LogP contribution in [0.2, 0.25) is 0 Å². The molecular formula is C25H23F3N4O5. The van der Waals surface area contributed by atoms with Crippen LogP contribution in [0.15, 0.2) is 55.0 Å². The molecule has 4 N–H and O–H groups in total. The Morgan fingerprint density at radius 1 is 1.14 bits per heavy atom. The molecule has 0 bridgehead atoms. The number of nitrogens with zero attached hydrogens (tertiary/aromatic N) is 2. The highest BCUT2D eigenvalue weighted by Gasteiger charge is 2.51. The predicted molar refractivity (Wildman–Crippen MR) is 124 cm³/mol. The van der Waals surface area contributed by atoms with Crippen LogP contribution >= 0.6 is 0 Å². The Balaban J connectivity index is 1.36. The lowest BCUT2D eigenvalue weighted by molar-refractivity contribution is -0.138. The number of benzene rings is 1. The number of carbonyl (C=O) groups excluding carboxylic acids is 2. The minimum absolute atomic E-state index is 0.0152. The molecule has 1 fully saturated rings. The molecule has 2 aromatic heterocycles. The molecule has 0 saturated heterocycles. The molecule has 1 atom stereocenters. The SMILES string of the molecule is CC(O)c1ccc(Oc2ccc(CNC(=O)C3(NC(=O)c4cncc(O)c4)CC3)nc2)c(C(F)(F)F)c1. The van der Waals surface area contributed by atoms with Crippen molar-refractivity contribution in [3.63, 3.8) is 0 Å². The Morgan fingerprint density at radius 3 is 2.49 bits per heavy atom. The number of amides is 2. The minimum atomic E-state index is -4.69. The van der Waals surface area contributed by atoms with E-state index in [1.807, 2.05) is 0 Å². The van der Waals surface area contributed by atoms with Gasteiger partial charge in [0.15, 0.2) is 0 Å². The molecule has 1 aromatic carbocycles. The summed E-state index contributed by atoms with van der Waals surface area (Å²) in [5.41, 5.74) is -1.46. The van der Waals surface area contributed by atoms with E-state index in [-0.39, 0.29) is 29.2 Å². The van der Waals surface area contributed by atoms with Crippen LogP contribution in [-0.4, -0.2) is 37.5 Å². The van der Waals surface area contributed by atoms with Gasteiger partial charge >= 0.3 is 6.18 Å². The Labute approximate surface area is 209 Å². The molecule has 0 aliphatic heterocycles. The van der Waals surface area contributed by atoms with Crippen molar-refractivity contribution in [2.45, 2.75) is 44.1 Å². The quantitative estimate of drug-likeness (QED) is 0.359. The zero-order valence-electron chi connectivity index (χ0n) is 19.5. The Morgan fingerprint density at radius 2 is 1.89 bits per heavy atom. The van der Waals surface area contributed by atoms with Crippen LogP contribution in [0.4, 0.5) is 13.2 Å². The van der Waals surface area contributed by atoms with Crippen molar-refractivity contribution >= 4 is 11.8 Å². The first-order valence-corrected chi connectivity index (χ1v) is 11.2. The second kappa shape index (κ2) is 10.1. The van der Waals surface area contributed by atoms with Gasteiger partial charge in [-0.3, -0.25) is 19.6 Å². The van der Waals surface area contributed by atoms with Gasteiger partial charge in [-0.05, 0) is 55.7 Å². The lowest BCUT2D eigenvalue weighted by Gasteiger charge is -2.17.